The molecule has 8 heteroatoms. The smallest absolute Gasteiger partial charge is 0.226 e. The average Bonchev–Trinajstić information content (AvgIpc) is 2.96. The predicted octanol–water partition coefficient (Wildman–Crippen LogP) is 1.93. The van der Waals surface area contributed by atoms with Crippen LogP contribution in [0.2, 0.25) is 5.02 Å². The number of aromatic amines is 1. The molecule has 0 fully saturated rings. The largest absolute Gasteiger partial charge is 0.354 e. The molecule has 0 saturated carbocycles. The van der Waals surface area contributed by atoms with E-state index in [0.717, 1.165) is 17.8 Å². The Hall–Kier alpha value is -2.15. The molecule has 7 nitrogen and oxygen atoms in total. The molecule has 19 heavy (non-hydrogen) atoms. The van der Waals surface area contributed by atoms with Gasteiger partial charge in [-0.15, -0.1) is 0 Å². The van der Waals surface area contributed by atoms with Gasteiger partial charge in [-0.3, -0.25) is 0 Å². The number of nitrogens with zero attached hydrogens (tertiary/aromatic N) is 5. The molecule has 0 amide bonds. The number of anilines is 1. The minimum Gasteiger partial charge on any atom is -0.354 e. The molecule has 2 N–H and O–H groups in total. The number of H-pyrrole nitrogens is 1. The number of halogens is 1. The molecule has 0 bridgehead atoms. The summed E-state index contributed by atoms with van der Waals surface area (Å²) in [4.78, 5) is 15.9. The molecular formula is C11H12ClN7. The molecule has 0 spiro atoms. The molecule has 3 aromatic heterocycles. The van der Waals surface area contributed by atoms with Crippen LogP contribution >= 0.6 is 11.6 Å². The van der Waals surface area contributed by atoms with Crippen LogP contribution in [0.5, 0.6) is 0 Å². The molecule has 0 aromatic carbocycles. The quantitative estimate of drug-likeness (QED) is 0.764. The zero-order valence-electron chi connectivity index (χ0n) is 10.5. The fourth-order valence-electron chi connectivity index (χ4n) is 1.77. The lowest BCUT2D eigenvalue weighted by molar-refractivity contribution is 0.834. The summed E-state index contributed by atoms with van der Waals surface area (Å²) in [6.07, 6.45) is 3.30. The Labute approximate surface area is 114 Å². The summed E-state index contributed by atoms with van der Waals surface area (Å²) in [5.41, 5.74) is 2.06. The summed E-state index contributed by atoms with van der Waals surface area (Å²) in [5, 5.41) is 7.99. The second-order valence-corrected chi connectivity index (χ2v) is 4.42. The van der Waals surface area contributed by atoms with Gasteiger partial charge in [-0.1, -0.05) is 11.6 Å². The van der Waals surface area contributed by atoms with Gasteiger partial charge in [0, 0.05) is 6.54 Å². The first-order valence-electron chi connectivity index (χ1n) is 5.86. The van der Waals surface area contributed by atoms with Crippen molar-refractivity contribution in [2.75, 3.05) is 11.9 Å². The first-order valence-corrected chi connectivity index (χ1v) is 6.24. The van der Waals surface area contributed by atoms with Gasteiger partial charge in [0.2, 0.25) is 5.95 Å². The SMILES string of the molecule is CCNc1nc(-n2cc(Cl)c(C)n2)c2[nH]cnc2n1. The van der Waals surface area contributed by atoms with Crippen LogP contribution in [0.3, 0.4) is 0 Å². The third-order valence-electron chi connectivity index (χ3n) is 2.66. The van der Waals surface area contributed by atoms with E-state index in [1.807, 2.05) is 13.8 Å². The van der Waals surface area contributed by atoms with E-state index in [-0.39, 0.29) is 0 Å². The molecule has 3 rings (SSSR count). The molecule has 0 aliphatic carbocycles. The Morgan fingerprint density at radius 2 is 2.26 bits per heavy atom. The number of nitrogens with one attached hydrogen (secondary N) is 2. The van der Waals surface area contributed by atoms with Crippen molar-refractivity contribution in [3.8, 4) is 5.82 Å². The lowest BCUT2D eigenvalue weighted by Gasteiger charge is -2.05. The Bertz CT molecular complexity index is 710. The van der Waals surface area contributed by atoms with E-state index >= 15 is 0 Å². The highest BCUT2D eigenvalue weighted by Crippen LogP contribution is 2.20. The zero-order valence-corrected chi connectivity index (χ0v) is 11.2. The number of aryl methyl sites for hydroxylation is 1. The normalized spacial score (nSPS) is 11.1. The van der Waals surface area contributed by atoms with Crippen molar-refractivity contribution in [3.05, 3.63) is 23.2 Å². The molecular weight excluding hydrogens is 266 g/mol. The Kier molecular flexibility index (Phi) is 2.83. The Morgan fingerprint density at radius 3 is 2.95 bits per heavy atom. The van der Waals surface area contributed by atoms with Crippen LogP contribution in [-0.2, 0) is 0 Å². The van der Waals surface area contributed by atoms with Gasteiger partial charge in [0.05, 0.1) is 23.2 Å². The first-order chi connectivity index (χ1) is 9.19. The van der Waals surface area contributed by atoms with Crippen LogP contribution in [0, 0.1) is 6.92 Å². The van der Waals surface area contributed by atoms with Crippen LogP contribution in [0.15, 0.2) is 12.5 Å². The second-order valence-electron chi connectivity index (χ2n) is 4.01. The Morgan fingerprint density at radius 1 is 1.42 bits per heavy atom. The predicted molar refractivity (Wildman–Crippen MR) is 72.7 cm³/mol. The van der Waals surface area contributed by atoms with Crippen molar-refractivity contribution in [3.63, 3.8) is 0 Å². The molecule has 0 saturated heterocycles. The monoisotopic (exact) mass is 277 g/mol. The molecule has 3 heterocycles. The maximum atomic E-state index is 6.04. The van der Waals surface area contributed by atoms with E-state index in [9.17, 15) is 0 Å². The van der Waals surface area contributed by atoms with Gasteiger partial charge >= 0.3 is 0 Å². The summed E-state index contributed by atoms with van der Waals surface area (Å²) in [5.74, 6) is 1.13. The molecule has 0 aliphatic rings. The number of hydrogen-bond acceptors (Lipinski definition) is 5. The van der Waals surface area contributed by atoms with Crippen LogP contribution in [-0.4, -0.2) is 36.3 Å². The van der Waals surface area contributed by atoms with Gasteiger partial charge in [-0.2, -0.15) is 15.1 Å². The highest BCUT2D eigenvalue weighted by Gasteiger charge is 2.13. The molecule has 3 aromatic rings. The van der Waals surface area contributed by atoms with E-state index in [0.29, 0.717) is 22.4 Å². The van der Waals surface area contributed by atoms with Gasteiger partial charge < -0.3 is 10.3 Å². The van der Waals surface area contributed by atoms with Crippen molar-refractivity contribution >= 4 is 28.7 Å². The highest BCUT2D eigenvalue weighted by atomic mass is 35.5. The number of imidazole rings is 1. The Balaban J connectivity index is 2.22. The third-order valence-corrected chi connectivity index (χ3v) is 3.03. The van der Waals surface area contributed by atoms with E-state index in [4.69, 9.17) is 11.6 Å². The van der Waals surface area contributed by atoms with E-state index in [1.54, 1.807) is 17.2 Å². The van der Waals surface area contributed by atoms with Crippen molar-refractivity contribution in [2.24, 2.45) is 0 Å². The van der Waals surface area contributed by atoms with Crippen molar-refractivity contribution in [1.82, 2.24) is 29.7 Å². The molecule has 0 radical (unpaired) electrons. The number of fused-ring (bicyclic) bond motifs is 1. The first kappa shape index (κ1) is 11.9. The van der Waals surface area contributed by atoms with E-state index in [1.165, 1.54) is 0 Å². The van der Waals surface area contributed by atoms with Crippen LogP contribution in [0.1, 0.15) is 12.6 Å². The topological polar surface area (TPSA) is 84.3 Å². The lowest BCUT2D eigenvalue weighted by atomic mass is 10.5. The summed E-state index contributed by atoms with van der Waals surface area (Å²) in [6.45, 7) is 4.55. The van der Waals surface area contributed by atoms with E-state index < -0.39 is 0 Å². The summed E-state index contributed by atoms with van der Waals surface area (Å²) < 4.78 is 1.63. The number of rotatable bonds is 3. The minimum absolute atomic E-state index is 0.515. The average molecular weight is 278 g/mol. The van der Waals surface area contributed by atoms with Crippen molar-refractivity contribution < 1.29 is 0 Å². The third kappa shape index (κ3) is 2.01. The van der Waals surface area contributed by atoms with E-state index in [2.05, 4.69) is 30.4 Å². The van der Waals surface area contributed by atoms with Crippen molar-refractivity contribution in [1.29, 1.82) is 0 Å². The second kappa shape index (κ2) is 4.51. The molecule has 0 unspecified atom stereocenters. The van der Waals surface area contributed by atoms with Crippen LogP contribution in [0.4, 0.5) is 5.95 Å². The molecule has 0 aliphatic heterocycles. The van der Waals surface area contributed by atoms with Crippen LogP contribution < -0.4 is 5.32 Å². The standard InChI is InChI=1S/C11H12ClN7/c1-3-13-11-16-9-8(14-5-15-9)10(17-11)19-4-7(12)6(2)18-19/h4-5H,3H2,1-2H3,(H2,13,14,15,16,17). The van der Waals surface area contributed by atoms with Crippen molar-refractivity contribution in [2.45, 2.75) is 13.8 Å². The minimum atomic E-state index is 0.515. The fourth-order valence-corrected chi connectivity index (χ4v) is 1.90. The number of aromatic nitrogens is 6. The van der Waals surface area contributed by atoms with Crippen LogP contribution in [0.25, 0.3) is 17.0 Å². The number of hydrogen-bond donors (Lipinski definition) is 2. The lowest BCUT2D eigenvalue weighted by Crippen LogP contribution is -2.07. The molecule has 0 atom stereocenters. The fraction of sp³-hybridized carbons (Fsp3) is 0.273. The van der Waals surface area contributed by atoms with Gasteiger partial charge in [0.15, 0.2) is 11.5 Å². The maximum absolute atomic E-state index is 6.04. The molecule has 98 valence electrons. The summed E-state index contributed by atoms with van der Waals surface area (Å²) in [7, 11) is 0. The van der Waals surface area contributed by atoms with Gasteiger partial charge in [-0.05, 0) is 13.8 Å². The summed E-state index contributed by atoms with van der Waals surface area (Å²) in [6, 6.07) is 0. The summed E-state index contributed by atoms with van der Waals surface area (Å²) >= 11 is 6.04. The maximum Gasteiger partial charge on any atom is 0.226 e. The van der Waals surface area contributed by atoms with Gasteiger partial charge in [0.1, 0.15) is 5.52 Å². The zero-order chi connectivity index (χ0) is 13.4. The van der Waals surface area contributed by atoms with Gasteiger partial charge in [0.25, 0.3) is 0 Å². The highest BCUT2D eigenvalue weighted by molar-refractivity contribution is 6.31. The van der Waals surface area contributed by atoms with Gasteiger partial charge in [-0.25, -0.2) is 9.67 Å².